The first kappa shape index (κ1) is 25.9. The van der Waals surface area contributed by atoms with E-state index in [1.165, 1.54) is 38.5 Å². The van der Waals surface area contributed by atoms with Crippen LogP contribution in [0.1, 0.15) is 93.4 Å². The van der Waals surface area contributed by atoms with Crippen molar-refractivity contribution in [2.45, 2.75) is 123 Å². The lowest BCUT2D eigenvalue weighted by molar-refractivity contribution is -0.0862. The van der Waals surface area contributed by atoms with Gasteiger partial charge in [-0.3, -0.25) is 0 Å². The summed E-state index contributed by atoms with van der Waals surface area (Å²) in [6.45, 7) is 20.6. The molecule has 3 heteroatoms. The summed E-state index contributed by atoms with van der Waals surface area (Å²) < 4.78 is 7.04. The van der Waals surface area contributed by atoms with Gasteiger partial charge in [-0.15, -0.1) is 0 Å². The van der Waals surface area contributed by atoms with Crippen molar-refractivity contribution in [3.63, 3.8) is 0 Å². The first-order valence-corrected chi connectivity index (χ1v) is 15.3. The molecule has 0 saturated heterocycles. The van der Waals surface area contributed by atoms with Gasteiger partial charge in [0.2, 0.25) is 0 Å². The molecule has 2 aliphatic carbocycles. The second-order valence-electron chi connectivity index (χ2n) is 12.6. The molecule has 0 unspecified atom stereocenters. The predicted octanol–water partition coefficient (Wildman–Crippen LogP) is 7.89. The van der Waals surface area contributed by atoms with Crippen LogP contribution >= 0.6 is 0 Å². The lowest BCUT2D eigenvalue weighted by atomic mass is 9.52. The highest BCUT2D eigenvalue weighted by Gasteiger charge is 2.52. The number of hydrogen-bond donors (Lipinski definition) is 1. The van der Waals surface area contributed by atoms with E-state index in [4.69, 9.17) is 4.43 Å². The quantitative estimate of drug-likeness (QED) is 0.326. The third-order valence-corrected chi connectivity index (χ3v) is 13.1. The minimum Gasteiger partial charge on any atom is -0.414 e. The van der Waals surface area contributed by atoms with E-state index in [0.29, 0.717) is 17.4 Å². The summed E-state index contributed by atoms with van der Waals surface area (Å²) in [6.07, 6.45) is 17.9. The van der Waals surface area contributed by atoms with Gasteiger partial charge in [-0.25, -0.2) is 0 Å². The Labute approximate surface area is 188 Å². The Kier molecular flexibility index (Phi) is 8.30. The van der Waals surface area contributed by atoms with Crippen molar-refractivity contribution in [2.24, 2.45) is 23.2 Å². The van der Waals surface area contributed by atoms with Gasteiger partial charge >= 0.3 is 0 Å². The smallest absolute Gasteiger partial charge is 0.192 e. The molecule has 0 aromatic rings. The summed E-state index contributed by atoms with van der Waals surface area (Å²) in [4.78, 5) is 0. The second-order valence-corrected chi connectivity index (χ2v) is 17.4. The highest BCUT2D eigenvalue weighted by atomic mass is 28.4. The summed E-state index contributed by atoms with van der Waals surface area (Å²) in [6, 6.07) is 0. The first-order valence-electron chi connectivity index (χ1n) is 12.4. The third-order valence-electron chi connectivity index (χ3n) is 8.58. The first-order chi connectivity index (χ1) is 13.7. The molecular formula is C27H50O2Si. The summed E-state index contributed by atoms with van der Waals surface area (Å²) in [7, 11) is -1.74. The van der Waals surface area contributed by atoms with Gasteiger partial charge in [0.25, 0.3) is 0 Å². The number of fused-ring (bicyclic) bond motifs is 1. The van der Waals surface area contributed by atoms with Gasteiger partial charge in [0.1, 0.15) is 0 Å². The van der Waals surface area contributed by atoms with E-state index in [1.807, 2.05) is 26.0 Å². The Morgan fingerprint density at radius 1 is 1.07 bits per heavy atom. The maximum atomic E-state index is 9.82. The Hall–Kier alpha value is -0.383. The van der Waals surface area contributed by atoms with Crippen LogP contribution in [0.2, 0.25) is 18.1 Å². The minimum absolute atomic E-state index is 0.281. The fourth-order valence-electron chi connectivity index (χ4n) is 5.82. The van der Waals surface area contributed by atoms with E-state index in [1.54, 1.807) is 0 Å². The van der Waals surface area contributed by atoms with Gasteiger partial charge in [-0.05, 0) is 87.3 Å². The molecule has 0 bridgehead atoms. The van der Waals surface area contributed by atoms with E-state index in [-0.39, 0.29) is 5.04 Å². The topological polar surface area (TPSA) is 29.5 Å². The second kappa shape index (κ2) is 9.63. The van der Waals surface area contributed by atoms with Crippen molar-refractivity contribution in [1.29, 1.82) is 0 Å². The normalized spacial score (nSPS) is 32.5. The Morgan fingerprint density at radius 3 is 2.33 bits per heavy atom. The molecule has 30 heavy (non-hydrogen) atoms. The molecule has 0 spiro atoms. The average Bonchev–Trinajstić information content (AvgIpc) is 2.58. The van der Waals surface area contributed by atoms with Crippen LogP contribution < -0.4 is 0 Å². The van der Waals surface area contributed by atoms with Crippen molar-refractivity contribution in [2.75, 3.05) is 0 Å². The van der Waals surface area contributed by atoms with Crippen molar-refractivity contribution in [3.8, 4) is 0 Å². The summed E-state index contributed by atoms with van der Waals surface area (Å²) in [5, 5.41) is 10.1. The largest absolute Gasteiger partial charge is 0.414 e. The summed E-state index contributed by atoms with van der Waals surface area (Å²) >= 11 is 0. The number of hydrogen-bond acceptors (Lipinski definition) is 2. The highest BCUT2D eigenvalue weighted by molar-refractivity contribution is 6.74. The zero-order valence-electron chi connectivity index (χ0n) is 21.4. The number of allylic oxidation sites excluding steroid dienone is 3. The SMILES string of the molecule is C[C@H](C/C=C/C=C/C(C)(C)O)[C@H]1CCC[C@H]2[C@@H](O[Si](C)(C)C(C)(C)C)CCC[C@@]12C. The Morgan fingerprint density at radius 2 is 1.73 bits per heavy atom. The Balaban J connectivity index is 2.09. The van der Waals surface area contributed by atoms with Crippen molar-refractivity contribution < 1.29 is 9.53 Å². The maximum Gasteiger partial charge on any atom is 0.192 e. The molecular weight excluding hydrogens is 384 g/mol. The van der Waals surface area contributed by atoms with Gasteiger partial charge in [0.05, 0.1) is 5.60 Å². The molecule has 2 saturated carbocycles. The minimum atomic E-state index is -1.74. The van der Waals surface area contributed by atoms with Crippen molar-refractivity contribution >= 4 is 8.32 Å². The van der Waals surface area contributed by atoms with E-state index in [2.05, 4.69) is 59.9 Å². The van der Waals surface area contributed by atoms with Gasteiger partial charge in [-0.2, -0.15) is 0 Å². The van der Waals surface area contributed by atoms with Crippen LogP contribution in [0.25, 0.3) is 0 Å². The van der Waals surface area contributed by atoms with Crippen molar-refractivity contribution in [3.05, 3.63) is 24.3 Å². The zero-order chi connectivity index (χ0) is 22.8. The molecule has 0 amide bonds. The molecule has 0 aromatic carbocycles. The van der Waals surface area contributed by atoms with Crippen LogP contribution in [0.4, 0.5) is 0 Å². The van der Waals surface area contributed by atoms with Gasteiger partial charge in [0, 0.05) is 6.10 Å². The average molecular weight is 435 g/mol. The standard InChI is InChI=1S/C27H50O2Si/c1-21(15-11-10-12-19-26(5,6)28)22-16-13-17-23-24(18-14-20-27(22,23)7)29-30(8,9)25(2,3)4/h10-12,19,21-24,28H,13-18,20H2,1-9H3/b11-10+,19-12+/t21-,22-,23+,24+,27+/m1/s1. The van der Waals surface area contributed by atoms with Gasteiger partial charge in [0.15, 0.2) is 8.32 Å². The van der Waals surface area contributed by atoms with Crippen LogP contribution in [0.3, 0.4) is 0 Å². The molecule has 2 fully saturated rings. The molecule has 0 radical (unpaired) electrons. The van der Waals surface area contributed by atoms with Crippen LogP contribution in [-0.4, -0.2) is 25.1 Å². The zero-order valence-corrected chi connectivity index (χ0v) is 22.4. The van der Waals surface area contributed by atoms with Crippen LogP contribution in [0, 0.1) is 23.2 Å². The molecule has 174 valence electrons. The molecule has 2 nitrogen and oxygen atoms in total. The van der Waals surface area contributed by atoms with Gasteiger partial charge in [-0.1, -0.05) is 71.8 Å². The fourth-order valence-corrected chi connectivity index (χ4v) is 7.21. The van der Waals surface area contributed by atoms with Gasteiger partial charge < -0.3 is 9.53 Å². The molecule has 5 atom stereocenters. The molecule has 2 aliphatic rings. The maximum absolute atomic E-state index is 9.82. The third kappa shape index (κ3) is 6.33. The predicted molar refractivity (Wildman–Crippen MR) is 133 cm³/mol. The summed E-state index contributed by atoms with van der Waals surface area (Å²) in [5.74, 6) is 2.20. The molecule has 0 heterocycles. The molecule has 0 aromatic heterocycles. The van der Waals surface area contributed by atoms with Crippen LogP contribution in [-0.2, 0) is 4.43 Å². The number of aliphatic hydroxyl groups is 1. The van der Waals surface area contributed by atoms with Crippen LogP contribution in [0.5, 0.6) is 0 Å². The Bertz CT molecular complexity index is 607. The highest BCUT2D eigenvalue weighted by Crippen LogP contribution is 2.57. The number of rotatable bonds is 7. The lowest BCUT2D eigenvalue weighted by Gasteiger charge is -2.56. The van der Waals surface area contributed by atoms with Crippen molar-refractivity contribution in [1.82, 2.24) is 0 Å². The molecule has 1 N–H and O–H groups in total. The van der Waals surface area contributed by atoms with E-state index in [9.17, 15) is 5.11 Å². The monoisotopic (exact) mass is 434 g/mol. The lowest BCUT2D eigenvalue weighted by Crippen LogP contribution is -2.54. The van der Waals surface area contributed by atoms with E-state index < -0.39 is 13.9 Å². The molecule has 0 aliphatic heterocycles. The summed E-state index contributed by atoms with van der Waals surface area (Å²) in [5.41, 5.74) is -0.318. The van der Waals surface area contributed by atoms with E-state index >= 15 is 0 Å². The van der Waals surface area contributed by atoms with Crippen LogP contribution in [0.15, 0.2) is 24.3 Å². The van der Waals surface area contributed by atoms with E-state index in [0.717, 1.165) is 18.3 Å². The molecule has 2 rings (SSSR count). The fraction of sp³-hybridized carbons (Fsp3) is 0.852.